The van der Waals surface area contributed by atoms with Crippen LogP contribution in [0.15, 0.2) is 46.9 Å². The maximum atomic E-state index is 13.7. The lowest BCUT2D eigenvalue weighted by Gasteiger charge is -2.15. The summed E-state index contributed by atoms with van der Waals surface area (Å²) in [7, 11) is 0. The van der Waals surface area contributed by atoms with E-state index in [1.807, 2.05) is 0 Å². The first-order valence-electron chi connectivity index (χ1n) is 5.82. The van der Waals surface area contributed by atoms with E-state index >= 15 is 0 Å². The first-order valence-corrected chi connectivity index (χ1v) is 6.62. The molecule has 2 aromatic rings. The Morgan fingerprint density at radius 2 is 1.64 bits per heavy atom. The van der Waals surface area contributed by atoms with Crippen LogP contribution in [0.3, 0.4) is 0 Å². The quantitative estimate of drug-likeness (QED) is 0.740. The molecule has 0 saturated carbocycles. The fraction of sp³-hybridized carbons (Fsp3) is 0.143. The van der Waals surface area contributed by atoms with E-state index in [9.17, 15) is 17.6 Å². The maximum absolute atomic E-state index is 13.7. The predicted octanol–water partition coefficient (Wildman–Crippen LogP) is 4.96. The molecule has 2 rings (SSSR count). The lowest BCUT2D eigenvalue weighted by molar-refractivity contribution is -0.274. The molecule has 0 bridgehead atoms. The van der Waals surface area contributed by atoms with Crippen molar-refractivity contribution >= 4 is 28.3 Å². The second kappa shape index (κ2) is 7.30. The molecule has 0 spiro atoms. The van der Waals surface area contributed by atoms with E-state index in [4.69, 9.17) is 5.73 Å². The van der Waals surface area contributed by atoms with Gasteiger partial charge in [-0.2, -0.15) is 0 Å². The van der Waals surface area contributed by atoms with Crippen molar-refractivity contribution in [2.24, 2.45) is 5.73 Å². The molecule has 0 fully saturated rings. The monoisotopic (exact) mass is 399 g/mol. The maximum Gasteiger partial charge on any atom is 0.573 e. The third kappa shape index (κ3) is 4.86. The minimum atomic E-state index is -4.75. The summed E-state index contributed by atoms with van der Waals surface area (Å²) in [4.78, 5) is 0. The van der Waals surface area contributed by atoms with Gasteiger partial charge in [-0.3, -0.25) is 0 Å². The number of hydrogen-bond acceptors (Lipinski definition) is 2. The number of nitrogens with two attached hydrogens (primary N) is 1. The van der Waals surface area contributed by atoms with Crippen molar-refractivity contribution in [3.05, 3.63) is 63.9 Å². The molecule has 0 radical (unpaired) electrons. The molecular weight excluding hydrogens is 390 g/mol. The topological polar surface area (TPSA) is 35.2 Å². The summed E-state index contributed by atoms with van der Waals surface area (Å²) in [6.45, 7) is 0. The van der Waals surface area contributed by atoms with Crippen LogP contribution in [-0.4, -0.2) is 6.36 Å². The molecule has 2 nitrogen and oxygen atoms in total. The van der Waals surface area contributed by atoms with Gasteiger partial charge in [0, 0.05) is 10.0 Å². The molecule has 2 aromatic carbocycles. The second-order valence-corrected chi connectivity index (χ2v) is 5.18. The van der Waals surface area contributed by atoms with Crippen LogP contribution < -0.4 is 10.5 Å². The van der Waals surface area contributed by atoms with Crippen LogP contribution in [0.5, 0.6) is 5.75 Å². The minimum Gasteiger partial charge on any atom is -0.406 e. The Labute approximate surface area is 138 Å². The number of hydrogen-bond donors (Lipinski definition) is 1. The van der Waals surface area contributed by atoms with Crippen LogP contribution >= 0.6 is 28.3 Å². The van der Waals surface area contributed by atoms with Gasteiger partial charge >= 0.3 is 6.36 Å². The van der Waals surface area contributed by atoms with Crippen LogP contribution in [0.4, 0.5) is 17.6 Å². The molecule has 1 atom stereocenters. The van der Waals surface area contributed by atoms with Crippen molar-refractivity contribution in [1.82, 2.24) is 0 Å². The fourth-order valence-corrected chi connectivity index (χ4v) is 2.19. The van der Waals surface area contributed by atoms with Gasteiger partial charge in [-0.25, -0.2) is 4.39 Å². The molecule has 0 heterocycles. The second-order valence-electron chi connectivity index (χ2n) is 4.26. The van der Waals surface area contributed by atoms with Crippen molar-refractivity contribution < 1.29 is 22.3 Å². The van der Waals surface area contributed by atoms with Gasteiger partial charge in [0.25, 0.3) is 0 Å². The van der Waals surface area contributed by atoms with E-state index in [0.717, 1.165) is 12.1 Å². The zero-order valence-electron chi connectivity index (χ0n) is 10.9. The molecule has 22 heavy (non-hydrogen) atoms. The predicted molar refractivity (Wildman–Crippen MR) is 80.5 cm³/mol. The van der Waals surface area contributed by atoms with Crippen LogP contribution in [0.2, 0.25) is 0 Å². The number of halogens is 6. The molecule has 0 aliphatic rings. The van der Waals surface area contributed by atoms with E-state index in [1.165, 1.54) is 30.3 Å². The fourth-order valence-electron chi connectivity index (χ4n) is 1.81. The van der Waals surface area contributed by atoms with Crippen LogP contribution in [0.25, 0.3) is 0 Å². The Morgan fingerprint density at radius 1 is 1.05 bits per heavy atom. The van der Waals surface area contributed by atoms with E-state index in [2.05, 4.69) is 20.7 Å². The van der Waals surface area contributed by atoms with Crippen molar-refractivity contribution in [3.63, 3.8) is 0 Å². The molecule has 2 N–H and O–H groups in total. The number of benzene rings is 2. The number of rotatable bonds is 3. The summed E-state index contributed by atoms with van der Waals surface area (Å²) in [6.07, 6.45) is -4.75. The van der Waals surface area contributed by atoms with Gasteiger partial charge in [-0.05, 0) is 35.9 Å². The number of ether oxygens (including phenoxy) is 1. The van der Waals surface area contributed by atoms with Crippen LogP contribution in [0.1, 0.15) is 17.2 Å². The molecular formula is C14H11BrClF4NO. The normalized spacial score (nSPS) is 12.5. The molecule has 0 unspecified atom stereocenters. The van der Waals surface area contributed by atoms with Gasteiger partial charge in [0.1, 0.15) is 11.6 Å². The summed E-state index contributed by atoms with van der Waals surface area (Å²) >= 11 is 3.21. The van der Waals surface area contributed by atoms with Gasteiger partial charge in [-0.15, -0.1) is 25.6 Å². The third-order valence-corrected chi connectivity index (χ3v) is 3.26. The van der Waals surface area contributed by atoms with Crippen molar-refractivity contribution in [2.75, 3.05) is 0 Å². The SMILES string of the molecule is Cl.N[C@@H](c1ccc(OC(F)(F)F)cc1)c1cc(Br)ccc1F. The smallest absolute Gasteiger partial charge is 0.406 e. The van der Waals surface area contributed by atoms with Gasteiger partial charge in [0.2, 0.25) is 0 Å². The van der Waals surface area contributed by atoms with E-state index in [-0.39, 0.29) is 23.7 Å². The molecule has 0 amide bonds. The van der Waals surface area contributed by atoms with Gasteiger partial charge in [0.05, 0.1) is 6.04 Å². The zero-order chi connectivity index (χ0) is 15.6. The highest BCUT2D eigenvalue weighted by molar-refractivity contribution is 9.10. The average Bonchev–Trinajstić information content (AvgIpc) is 2.40. The number of alkyl halides is 3. The summed E-state index contributed by atoms with van der Waals surface area (Å²) in [5.41, 5.74) is 6.66. The summed E-state index contributed by atoms with van der Waals surface area (Å²) in [6, 6.07) is 8.55. The van der Waals surface area contributed by atoms with Crippen LogP contribution in [-0.2, 0) is 0 Å². The Morgan fingerprint density at radius 3 is 2.18 bits per heavy atom. The van der Waals surface area contributed by atoms with Gasteiger partial charge in [0.15, 0.2) is 0 Å². The first-order chi connectivity index (χ1) is 9.76. The van der Waals surface area contributed by atoms with E-state index in [0.29, 0.717) is 10.0 Å². The highest BCUT2D eigenvalue weighted by atomic mass is 79.9. The Balaban J connectivity index is 0.00000242. The first kappa shape index (κ1) is 18.7. The van der Waals surface area contributed by atoms with Crippen molar-refractivity contribution in [2.45, 2.75) is 12.4 Å². The average molecular weight is 401 g/mol. The minimum absolute atomic E-state index is 0. The molecule has 0 aromatic heterocycles. The summed E-state index contributed by atoms with van der Waals surface area (Å²) in [5, 5.41) is 0. The lowest BCUT2D eigenvalue weighted by atomic mass is 9.99. The summed E-state index contributed by atoms with van der Waals surface area (Å²) in [5.74, 6) is -0.838. The van der Waals surface area contributed by atoms with Gasteiger partial charge in [-0.1, -0.05) is 28.1 Å². The van der Waals surface area contributed by atoms with Crippen molar-refractivity contribution in [1.29, 1.82) is 0 Å². The Bertz CT molecular complexity index is 634. The molecule has 8 heteroatoms. The summed E-state index contributed by atoms with van der Waals surface area (Å²) < 4.78 is 54.3. The standard InChI is InChI=1S/C14H10BrF4NO.ClH/c15-9-3-6-12(16)11(7-9)13(20)8-1-4-10(5-2-8)21-14(17,18)19;/h1-7,13H,20H2;1H/t13-;/m0./s1. The third-order valence-electron chi connectivity index (χ3n) is 2.77. The molecule has 0 saturated heterocycles. The largest absolute Gasteiger partial charge is 0.573 e. The highest BCUT2D eigenvalue weighted by Gasteiger charge is 2.31. The van der Waals surface area contributed by atoms with Crippen LogP contribution in [0, 0.1) is 5.82 Å². The van der Waals surface area contributed by atoms with E-state index < -0.39 is 18.2 Å². The molecule has 120 valence electrons. The Kier molecular flexibility index (Phi) is 6.22. The van der Waals surface area contributed by atoms with Gasteiger partial charge < -0.3 is 10.5 Å². The highest BCUT2D eigenvalue weighted by Crippen LogP contribution is 2.28. The molecule has 0 aliphatic heterocycles. The lowest BCUT2D eigenvalue weighted by Crippen LogP contribution is -2.17. The molecule has 0 aliphatic carbocycles. The Hall–Kier alpha value is -1.31. The zero-order valence-corrected chi connectivity index (χ0v) is 13.3. The van der Waals surface area contributed by atoms with Crippen molar-refractivity contribution in [3.8, 4) is 5.75 Å². The van der Waals surface area contributed by atoms with E-state index in [1.54, 1.807) is 0 Å².